The quantitative estimate of drug-likeness (QED) is 0.509. The molecule has 1 aliphatic rings. The molecule has 0 atom stereocenters. The lowest BCUT2D eigenvalue weighted by atomic mass is 10.4. The van der Waals surface area contributed by atoms with Crippen molar-refractivity contribution in [3.8, 4) is 0 Å². The van der Waals surface area contributed by atoms with E-state index in [1.54, 1.807) is 0 Å². The number of unbranched alkanes of at least 4 members (excludes halogenated alkanes) is 1. The van der Waals surface area contributed by atoms with Crippen molar-refractivity contribution >= 4 is 7.82 Å². The average molecular weight is 194 g/mol. The summed E-state index contributed by atoms with van der Waals surface area (Å²) in [5, 5.41) is 0. The Morgan fingerprint density at radius 2 is 2.08 bits per heavy atom. The third-order valence-electron chi connectivity index (χ3n) is 1.53. The molecule has 1 heterocycles. The maximum absolute atomic E-state index is 11.4. The summed E-state index contributed by atoms with van der Waals surface area (Å²) < 4.78 is 26.3. The Labute approximate surface area is 72.8 Å². The number of phosphoric acid groups is 1. The van der Waals surface area contributed by atoms with E-state index in [0.717, 1.165) is 19.3 Å². The lowest BCUT2D eigenvalue weighted by molar-refractivity contribution is 0.0741. The lowest BCUT2D eigenvalue weighted by Crippen LogP contribution is -2.10. The van der Waals surface area contributed by atoms with Gasteiger partial charge in [0.1, 0.15) is 0 Å². The second-order valence-electron chi connectivity index (χ2n) is 2.65. The molecule has 4 nitrogen and oxygen atoms in total. The van der Waals surface area contributed by atoms with Crippen LogP contribution in [0.5, 0.6) is 0 Å². The molecule has 0 aromatic carbocycles. The van der Waals surface area contributed by atoms with Crippen molar-refractivity contribution in [1.82, 2.24) is 0 Å². The highest BCUT2D eigenvalue weighted by Crippen LogP contribution is 2.51. The minimum absolute atomic E-state index is 0.452. The van der Waals surface area contributed by atoms with Gasteiger partial charge in [0, 0.05) is 0 Å². The molecule has 1 rings (SSSR count). The molecule has 0 aromatic rings. The lowest BCUT2D eigenvalue weighted by Gasteiger charge is -2.21. The second kappa shape index (κ2) is 4.97. The van der Waals surface area contributed by atoms with Crippen LogP contribution >= 0.6 is 7.82 Å². The smallest absolute Gasteiger partial charge is 0.287 e. The van der Waals surface area contributed by atoms with E-state index in [4.69, 9.17) is 13.6 Å². The van der Waals surface area contributed by atoms with Crippen molar-refractivity contribution in [3.05, 3.63) is 0 Å². The van der Waals surface area contributed by atoms with E-state index in [9.17, 15) is 4.57 Å². The fourth-order valence-corrected chi connectivity index (χ4v) is 2.13. The van der Waals surface area contributed by atoms with Gasteiger partial charge < -0.3 is 0 Å². The van der Waals surface area contributed by atoms with Gasteiger partial charge in [-0.1, -0.05) is 13.3 Å². The predicted molar refractivity (Wildman–Crippen MR) is 45.0 cm³/mol. The first kappa shape index (κ1) is 10.2. The summed E-state index contributed by atoms with van der Waals surface area (Å²) in [7, 11) is -3.14. The van der Waals surface area contributed by atoms with Gasteiger partial charge in [0.05, 0.1) is 19.8 Å². The zero-order valence-electron chi connectivity index (χ0n) is 7.32. The van der Waals surface area contributed by atoms with Gasteiger partial charge in [0.25, 0.3) is 0 Å². The molecule has 1 aliphatic heterocycles. The molecule has 0 saturated carbocycles. The molecule has 0 amide bonds. The number of rotatable bonds is 4. The molecule has 0 spiro atoms. The molecule has 72 valence electrons. The third-order valence-corrected chi connectivity index (χ3v) is 3.03. The minimum Gasteiger partial charge on any atom is -0.287 e. The van der Waals surface area contributed by atoms with Crippen LogP contribution in [-0.4, -0.2) is 19.8 Å². The standard InChI is InChI=1S/C7H15O4P/c1-2-3-5-9-12(8)10-6-4-7-11-12/h2-7H2,1H3. The second-order valence-corrected chi connectivity index (χ2v) is 4.32. The normalized spacial score (nSPS) is 22.4. The third kappa shape index (κ3) is 3.23. The molecule has 0 radical (unpaired) electrons. The van der Waals surface area contributed by atoms with Gasteiger partial charge in [0.15, 0.2) is 0 Å². The van der Waals surface area contributed by atoms with Crippen molar-refractivity contribution in [2.75, 3.05) is 19.8 Å². The topological polar surface area (TPSA) is 44.8 Å². The van der Waals surface area contributed by atoms with Gasteiger partial charge in [-0.05, 0) is 12.8 Å². The average Bonchev–Trinajstić information content (AvgIpc) is 2.06. The van der Waals surface area contributed by atoms with Crippen LogP contribution < -0.4 is 0 Å². The maximum Gasteiger partial charge on any atom is 0.474 e. The summed E-state index contributed by atoms with van der Waals surface area (Å²) in [5.74, 6) is 0. The summed E-state index contributed by atoms with van der Waals surface area (Å²) in [6, 6.07) is 0. The van der Waals surface area contributed by atoms with E-state index >= 15 is 0 Å². The van der Waals surface area contributed by atoms with Crippen LogP contribution in [0, 0.1) is 0 Å². The molecule has 12 heavy (non-hydrogen) atoms. The molecular weight excluding hydrogens is 179 g/mol. The summed E-state index contributed by atoms with van der Waals surface area (Å²) in [6.07, 6.45) is 2.69. The van der Waals surface area contributed by atoms with Crippen LogP contribution in [0.2, 0.25) is 0 Å². The van der Waals surface area contributed by atoms with Crippen molar-refractivity contribution in [3.63, 3.8) is 0 Å². The summed E-state index contributed by atoms with van der Waals surface area (Å²) in [4.78, 5) is 0. The van der Waals surface area contributed by atoms with Crippen molar-refractivity contribution in [2.45, 2.75) is 26.2 Å². The van der Waals surface area contributed by atoms with E-state index in [1.807, 2.05) is 6.92 Å². The molecule has 0 bridgehead atoms. The summed E-state index contributed by atoms with van der Waals surface area (Å²) >= 11 is 0. The fraction of sp³-hybridized carbons (Fsp3) is 1.00. The van der Waals surface area contributed by atoms with E-state index < -0.39 is 7.82 Å². The van der Waals surface area contributed by atoms with Crippen LogP contribution in [0.1, 0.15) is 26.2 Å². The molecule has 1 saturated heterocycles. The zero-order valence-corrected chi connectivity index (χ0v) is 8.22. The van der Waals surface area contributed by atoms with Crippen LogP contribution in [0.15, 0.2) is 0 Å². The molecule has 1 fully saturated rings. The number of hydrogen-bond acceptors (Lipinski definition) is 4. The first-order valence-electron chi connectivity index (χ1n) is 4.30. The molecular formula is C7H15O4P. The van der Waals surface area contributed by atoms with Crippen molar-refractivity contribution < 1.29 is 18.1 Å². The van der Waals surface area contributed by atoms with Crippen molar-refractivity contribution in [1.29, 1.82) is 0 Å². The highest BCUT2D eigenvalue weighted by molar-refractivity contribution is 7.48. The molecule has 5 heteroatoms. The number of phosphoric ester groups is 1. The molecule has 0 aliphatic carbocycles. The fourth-order valence-electron chi connectivity index (χ4n) is 0.844. The Morgan fingerprint density at radius 1 is 1.42 bits per heavy atom. The van der Waals surface area contributed by atoms with Crippen molar-refractivity contribution in [2.24, 2.45) is 0 Å². The SMILES string of the molecule is CCCCOP1(=O)OCCCO1. The van der Waals surface area contributed by atoms with Gasteiger partial charge in [0.2, 0.25) is 0 Å². The Bertz CT molecular complexity index is 161. The Hall–Kier alpha value is 0.110. The highest BCUT2D eigenvalue weighted by atomic mass is 31.2. The molecule has 0 unspecified atom stereocenters. The number of hydrogen-bond donors (Lipinski definition) is 0. The predicted octanol–water partition coefficient (Wildman–Crippen LogP) is 2.35. The van der Waals surface area contributed by atoms with Gasteiger partial charge in [-0.15, -0.1) is 0 Å². The van der Waals surface area contributed by atoms with E-state index in [2.05, 4.69) is 0 Å². The summed E-state index contributed by atoms with van der Waals surface area (Å²) in [5.41, 5.74) is 0. The first-order chi connectivity index (χ1) is 5.77. The zero-order chi connectivity index (χ0) is 8.86. The first-order valence-corrected chi connectivity index (χ1v) is 5.76. The van der Waals surface area contributed by atoms with Crippen LogP contribution in [0.3, 0.4) is 0 Å². The summed E-state index contributed by atoms with van der Waals surface area (Å²) in [6.45, 7) is 3.45. The van der Waals surface area contributed by atoms with Crippen LogP contribution in [-0.2, 0) is 18.1 Å². The van der Waals surface area contributed by atoms with Gasteiger partial charge in [-0.2, -0.15) is 0 Å². The van der Waals surface area contributed by atoms with Crippen LogP contribution in [0.25, 0.3) is 0 Å². The van der Waals surface area contributed by atoms with Gasteiger partial charge >= 0.3 is 7.82 Å². The van der Waals surface area contributed by atoms with E-state index in [1.165, 1.54) is 0 Å². The molecule has 0 N–H and O–H groups in total. The van der Waals surface area contributed by atoms with Gasteiger partial charge in [-0.3, -0.25) is 13.6 Å². The van der Waals surface area contributed by atoms with E-state index in [0.29, 0.717) is 19.8 Å². The molecule has 0 aromatic heterocycles. The minimum atomic E-state index is -3.14. The monoisotopic (exact) mass is 194 g/mol. The Balaban J connectivity index is 2.22. The van der Waals surface area contributed by atoms with Crippen LogP contribution in [0.4, 0.5) is 0 Å². The van der Waals surface area contributed by atoms with E-state index in [-0.39, 0.29) is 0 Å². The Morgan fingerprint density at radius 3 is 2.67 bits per heavy atom. The Kier molecular flexibility index (Phi) is 4.22. The highest BCUT2D eigenvalue weighted by Gasteiger charge is 2.29. The maximum atomic E-state index is 11.4. The largest absolute Gasteiger partial charge is 0.474 e. The van der Waals surface area contributed by atoms with Gasteiger partial charge in [-0.25, -0.2) is 4.57 Å².